The second-order valence-electron chi connectivity index (χ2n) is 9.83. The van der Waals surface area contributed by atoms with Gasteiger partial charge in [0.25, 0.3) is 0 Å². The van der Waals surface area contributed by atoms with E-state index in [1.54, 1.807) is 0 Å². The predicted molar refractivity (Wildman–Crippen MR) is 100 cm³/mol. The Bertz CT molecular complexity index is 636. The van der Waals surface area contributed by atoms with E-state index in [0.29, 0.717) is 32.2 Å². The molecule has 4 saturated carbocycles. The first-order valence-electron chi connectivity index (χ1n) is 10.8. The van der Waals surface area contributed by atoms with Gasteiger partial charge in [-0.05, 0) is 75.5 Å². The number of rotatable bonds is 5. The number of likely N-dealkylation sites (tertiary alicyclic amines) is 1. The zero-order valence-corrected chi connectivity index (χ0v) is 16.0. The molecular weight excluding hydrogens is 340 g/mol. The molecule has 5 nitrogen and oxygen atoms in total. The van der Waals surface area contributed by atoms with Gasteiger partial charge in [-0.3, -0.25) is 19.3 Å². The fourth-order valence-electron chi connectivity index (χ4n) is 7.11. The summed E-state index contributed by atoms with van der Waals surface area (Å²) in [4.78, 5) is 39.0. The SMILES string of the molecule is O=C(CCCN1C(=O)[C@H]2CC=CC[C@H]2C1=O)NC12CC3CC(CC(C3)C1)C2. The molecule has 3 amide bonds. The summed E-state index contributed by atoms with van der Waals surface area (Å²) in [7, 11) is 0. The molecule has 5 fully saturated rings. The minimum Gasteiger partial charge on any atom is -0.351 e. The van der Waals surface area contributed by atoms with Crippen LogP contribution in [0.4, 0.5) is 0 Å². The highest BCUT2D eigenvalue weighted by molar-refractivity contribution is 6.05. The maximum absolute atomic E-state index is 12.6. The van der Waals surface area contributed by atoms with Gasteiger partial charge in [0, 0.05) is 18.5 Å². The summed E-state index contributed by atoms with van der Waals surface area (Å²) in [5, 5.41) is 3.38. The molecular formula is C22H30N2O3. The average Bonchev–Trinajstić information content (AvgIpc) is 2.85. The van der Waals surface area contributed by atoms with Crippen LogP contribution >= 0.6 is 0 Å². The summed E-state index contributed by atoms with van der Waals surface area (Å²) in [6, 6.07) is 0. The second-order valence-corrected chi connectivity index (χ2v) is 9.83. The Hall–Kier alpha value is -1.65. The molecule has 1 heterocycles. The van der Waals surface area contributed by atoms with Crippen molar-refractivity contribution in [1.82, 2.24) is 10.2 Å². The number of nitrogens with one attached hydrogen (secondary N) is 1. The van der Waals surface area contributed by atoms with E-state index in [0.717, 1.165) is 37.0 Å². The first kappa shape index (κ1) is 17.4. The van der Waals surface area contributed by atoms with Crippen molar-refractivity contribution in [2.45, 2.75) is 69.7 Å². The molecule has 0 aromatic heterocycles. The first-order valence-corrected chi connectivity index (χ1v) is 10.8. The molecule has 1 saturated heterocycles. The number of carbonyl (C=O) groups is 3. The Balaban J connectivity index is 1.13. The van der Waals surface area contributed by atoms with Crippen LogP contribution in [0.25, 0.3) is 0 Å². The Kier molecular flexibility index (Phi) is 4.17. The summed E-state index contributed by atoms with van der Waals surface area (Å²) in [6.45, 7) is 0.388. The highest BCUT2D eigenvalue weighted by Gasteiger charge is 2.51. The molecule has 6 rings (SSSR count). The monoisotopic (exact) mass is 370 g/mol. The van der Waals surface area contributed by atoms with Gasteiger partial charge in [0.1, 0.15) is 0 Å². The Morgan fingerprint density at radius 3 is 2.00 bits per heavy atom. The summed E-state index contributed by atoms with van der Waals surface area (Å²) in [5.74, 6) is 2.16. The standard InChI is InChI=1S/C22H30N2O3/c25-19(23-22-11-14-8-15(12-22)10-16(9-14)13-22)6-3-7-24-20(26)17-4-1-2-5-18(17)21(24)27/h1-2,14-18H,3-13H2,(H,23,25)/t14?,15?,16?,17-,18+,22?. The third-order valence-electron chi connectivity index (χ3n) is 7.83. The molecule has 1 N–H and O–H groups in total. The Labute approximate surface area is 160 Å². The smallest absolute Gasteiger partial charge is 0.233 e. The number of imide groups is 1. The van der Waals surface area contributed by atoms with E-state index in [-0.39, 0.29) is 35.1 Å². The lowest BCUT2D eigenvalue weighted by Gasteiger charge is -2.56. The van der Waals surface area contributed by atoms with E-state index >= 15 is 0 Å². The topological polar surface area (TPSA) is 66.5 Å². The maximum Gasteiger partial charge on any atom is 0.233 e. The molecule has 0 aromatic rings. The van der Waals surface area contributed by atoms with Gasteiger partial charge in [0.15, 0.2) is 0 Å². The molecule has 0 radical (unpaired) electrons. The molecule has 0 aromatic carbocycles. The van der Waals surface area contributed by atoms with Crippen LogP contribution in [0.3, 0.4) is 0 Å². The zero-order chi connectivity index (χ0) is 18.6. The van der Waals surface area contributed by atoms with E-state index in [2.05, 4.69) is 5.32 Å². The number of carbonyl (C=O) groups excluding carboxylic acids is 3. The molecule has 5 aliphatic carbocycles. The van der Waals surface area contributed by atoms with Crippen LogP contribution < -0.4 is 5.32 Å². The number of hydrogen-bond acceptors (Lipinski definition) is 3. The lowest BCUT2D eigenvalue weighted by molar-refractivity contribution is -0.140. The van der Waals surface area contributed by atoms with Crippen molar-refractivity contribution >= 4 is 17.7 Å². The molecule has 2 atom stereocenters. The summed E-state index contributed by atoms with van der Waals surface area (Å²) in [6.07, 6.45) is 13.9. The summed E-state index contributed by atoms with van der Waals surface area (Å²) < 4.78 is 0. The van der Waals surface area contributed by atoms with Gasteiger partial charge in [-0.25, -0.2) is 0 Å². The van der Waals surface area contributed by atoms with Crippen molar-refractivity contribution in [1.29, 1.82) is 0 Å². The van der Waals surface area contributed by atoms with E-state index in [4.69, 9.17) is 0 Å². The molecule has 146 valence electrons. The predicted octanol–water partition coefficient (Wildman–Crippen LogP) is 2.80. The van der Waals surface area contributed by atoms with E-state index < -0.39 is 0 Å². The van der Waals surface area contributed by atoms with Gasteiger partial charge in [0.05, 0.1) is 11.8 Å². The lowest BCUT2D eigenvalue weighted by atomic mass is 9.53. The number of allylic oxidation sites excluding steroid dienone is 2. The van der Waals surface area contributed by atoms with Gasteiger partial charge in [0.2, 0.25) is 17.7 Å². The molecule has 0 spiro atoms. The maximum atomic E-state index is 12.6. The zero-order valence-electron chi connectivity index (χ0n) is 16.0. The van der Waals surface area contributed by atoms with Crippen molar-refractivity contribution < 1.29 is 14.4 Å². The van der Waals surface area contributed by atoms with E-state index in [9.17, 15) is 14.4 Å². The van der Waals surface area contributed by atoms with Crippen LogP contribution in [-0.4, -0.2) is 34.7 Å². The quantitative estimate of drug-likeness (QED) is 0.598. The molecule has 5 heteroatoms. The Morgan fingerprint density at radius 1 is 0.963 bits per heavy atom. The molecule has 0 unspecified atom stereocenters. The highest BCUT2D eigenvalue weighted by Crippen LogP contribution is 2.55. The van der Waals surface area contributed by atoms with Crippen LogP contribution in [0.15, 0.2) is 12.2 Å². The van der Waals surface area contributed by atoms with Crippen molar-refractivity contribution in [2.75, 3.05) is 6.54 Å². The van der Waals surface area contributed by atoms with Gasteiger partial charge in [-0.1, -0.05) is 12.2 Å². The van der Waals surface area contributed by atoms with Crippen molar-refractivity contribution in [3.05, 3.63) is 12.2 Å². The molecule has 1 aliphatic heterocycles. The minimum absolute atomic E-state index is 0.0316. The van der Waals surface area contributed by atoms with Crippen molar-refractivity contribution in [2.24, 2.45) is 29.6 Å². The van der Waals surface area contributed by atoms with Crippen LogP contribution in [-0.2, 0) is 14.4 Å². The average molecular weight is 370 g/mol. The van der Waals surface area contributed by atoms with Gasteiger partial charge in [-0.15, -0.1) is 0 Å². The third kappa shape index (κ3) is 3.03. The Morgan fingerprint density at radius 2 is 1.48 bits per heavy atom. The second kappa shape index (κ2) is 6.46. The minimum atomic E-state index is -0.164. The fourth-order valence-corrected chi connectivity index (χ4v) is 7.11. The first-order chi connectivity index (χ1) is 13.0. The van der Waals surface area contributed by atoms with Gasteiger partial charge < -0.3 is 5.32 Å². The van der Waals surface area contributed by atoms with Crippen molar-refractivity contribution in [3.8, 4) is 0 Å². The van der Waals surface area contributed by atoms with E-state index in [1.807, 2.05) is 12.2 Å². The molecule has 4 bridgehead atoms. The van der Waals surface area contributed by atoms with Crippen LogP contribution in [0.1, 0.15) is 64.2 Å². The molecule has 27 heavy (non-hydrogen) atoms. The molecule has 6 aliphatic rings. The van der Waals surface area contributed by atoms with Crippen LogP contribution in [0.2, 0.25) is 0 Å². The summed E-state index contributed by atoms with van der Waals surface area (Å²) in [5.41, 5.74) is 0.0473. The number of nitrogens with zero attached hydrogens (tertiary/aromatic N) is 1. The third-order valence-corrected chi connectivity index (χ3v) is 7.83. The number of amides is 3. The highest BCUT2D eigenvalue weighted by atomic mass is 16.2. The largest absolute Gasteiger partial charge is 0.351 e. The van der Waals surface area contributed by atoms with E-state index in [1.165, 1.54) is 24.2 Å². The lowest BCUT2D eigenvalue weighted by Crippen LogP contribution is -2.59. The van der Waals surface area contributed by atoms with Crippen molar-refractivity contribution in [3.63, 3.8) is 0 Å². The van der Waals surface area contributed by atoms with Gasteiger partial charge in [-0.2, -0.15) is 0 Å². The van der Waals surface area contributed by atoms with Gasteiger partial charge >= 0.3 is 0 Å². The van der Waals surface area contributed by atoms with Crippen LogP contribution in [0, 0.1) is 29.6 Å². The fraction of sp³-hybridized carbons (Fsp3) is 0.773. The van der Waals surface area contributed by atoms with Crippen LogP contribution in [0.5, 0.6) is 0 Å². The normalized spacial score (nSPS) is 41.9. The number of fused-ring (bicyclic) bond motifs is 1. The summed E-state index contributed by atoms with van der Waals surface area (Å²) >= 11 is 0. The number of hydrogen-bond donors (Lipinski definition) is 1.